The summed E-state index contributed by atoms with van der Waals surface area (Å²) in [5.41, 5.74) is 0.355. The smallest absolute Gasteiger partial charge is 0.410 e. The van der Waals surface area contributed by atoms with Gasteiger partial charge in [-0.25, -0.2) is 9.18 Å². The number of nitrogens with zero attached hydrogens (tertiary/aromatic N) is 2. The number of halogens is 1. The van der Waals surface area contributed by atoms with Gasteiger partial charge in [0.25, 0.3) is 0 Å². The molecule has 0 spiro atoms. The van der Waals surface area contributed by atoms with Crippen molar-refractivity contribution < 1.29 is 18.7 Å². The summed E-state index contributed by atoms with van der Waals surface area (Å²) >= 11 is 0. The van der Waals surface area contributed by atoms with Gasteiger partial charge in [-0.2, -0.15) is 0 Å². The molecule has 27 heavy (non-hydrogen) atoms. The van der Waals surface area contributed by atoms with Crippen molar-refractivity contribution in [1.82, 2.24) is 4.90 Å². The lowest BCUT2D eigenvalue weighted by atomic mass is 10.2. The van der Waals surface area contributed by atoms with E-state index in [0.29, 0.717) is 24.3 Å². The molecule has 1 aromatic rings. The van der Waals surface area contributed by atoms with Gasteiger partial charge in [-0.05, 0) is 64.7 Å². The Kier molecular flexibility index (Phi) is 5.58. The number of likely N-dealkylation sites (tertiary alicyclic amines) is 1. The van der Waals surface area contributed by atoms with Crippen LogP contribution >= 0.6 is 0 Å². The van der Waals surface area contributed by atoms with E-state index in [4.69, 9.17) is 4.74 Å². The molecule has 2 fully saturated rings. The predicted molar refractivity (Wildman–Crippen MR) is 102 cm³/mol. The van der Waals surface area contributed by atoms with Crippen molar-refractivity contribution in [3.63, 3.8) is 0 Å². The Balaban J connectivity index is 1.65. The maximum atomic E-state index is 14.4. The summed E-state index contributed by atoms with van der Waals surface area (Å²) in [5.74, 6) is -0.656. The number of amides is 2. The number of benzene rings is 1. The molecule has 1 atom stereocenters. The zero-order valence-electron chi connectivity index (χ0n) is 16.3. The minimum absolute atomic E-state index is 0.313. The third kappa shape index (κ3) is 4.70. The number of rotatable bonds is 3. The monoisotopic (exact) mass is 377 g/mol. The zero-order chi connectivity index (χ0) is 19.6. The Morgan fingerprint density at radius 1 is 1.15 bits per heavy atom. The fraction of sp³-hybridized carbons (Fsp3) is 0.600. The van der Waals surface area contributed by atoms with E-state index in [0.717, 1.165) is 32.4 Å². The second-order valence-electron chi connectivity index (χ2n) is 8.18. The Bertz CT molecular complexity index is 711. The van der Waals surface area contributed by atoms with E-state index >= 15 is 0 Å². The molecule has 0 bridgehead atoms. The van der Waals surface area contributed by atoms with Crippen LogP contribution in [0.4, 0.5) is 20.6 Å². The van der Waals surface area contributed by atoms with Gasteiger partial charge in [0.05, 0.1) is 5.69 Å². The molecule has 1 unspecified atom stereocenters. The van der Waals surface area contributed by atoms with Crippen molar-refractivity contribution in [2.24, 2.45) is 0 Å². The Labute approximate surface area is 159 Å². The summed E-state index contributed by atoms with van der Waals surface area (Å²) in [6, 6.07) is 4.16. The molecule has 1 aromatic carbocycles. The third-order valence-electron chi connectivity index (χ3n) is 4.85. The summed E-state index contributed by atoms with van der Waals surface area (Å²) in [6.45, 7) is 7.57. The third-order valence-corrected chi connectivity index (χ3v) is 4.85. The highest BCUT2D eigenvalue weighted by molar-refractivity contribution is 5.97. The minimum atomic E-state index is -0.616. The molecule has 2 aliphatic heterocycles. The van der Waals surface area contributed by atoms with Crippen LogP contribution in [0, 0.1) is 5.82 Å². The fourth-order valence-corrected chi connectivity index (χ4v) is 3.60. The number of carbonyl (C=O) groups excluding carboxylic acids is 2. The normalized spacial score (nSPS) is 20.1. The van der Waals surface area contributed by atoms with Gasteiger partial charge < -0.3 is 15.0 Å². The Morgan fingerprint density at radius 2 is 1.85 bits per heavy atom. The second kappa shape index (κ2) is 7.74. The highest BCUT2D eigenvalue weighted by atomic mass is 19.1. The average molecular weight is 377 g/mol. The number of ether oxygens (including phenoxy) is 1. The molecule has 2 aliphatic rings. The van der Waals surface area contributed by atoms with Crippen LogP contribution in [-0.2, 0) is 9.53 Å². The van der Waals surface area contributed by atoms with E-state index in [1.807, 2.05) is 4.90 Å². The van der Waals surface area contributed by atoms with Crippen LogP contribution < -0.4 is 10.2 Å². The van der Waals surface area contributed by atoms with E-state index in [1.54, 1.807) is 32.9 Å². The lowest BCUT2D eigenvalue weighted by molar-refractivity contribution is -0.120. The lowest BCUT2D eigenvalue weighted by Gasteiger charge is -2.28. The van der Waals surface area contributed by atoms with Crippen LogP contribution in [0.5, 0.6) is 0 Å². The van der Waals surface area contributed by atoms with Crippen LogP contribution in [0.15, 0.2) is 18.2 Å². The van der Waals surface area contributed by atoms with Gasteiger partial charge >= 0.3 is 6.09 Å². The average Bonchev–Trinajstić information content (AvgIpc) is 3.25. The highest BCUT2D eigenvalue weighted by Gasteiger charge is 2.36. The molecule has 6 nitrogen and oxygen atoms in total. The van der Waals surface area contributed by atoms with Crippen molar-refractivity contribution in [3.05, 3.63) is 24.0 Å². The van der Waals surface area contributed by atoms with Gasteiger partial charge in [0.2, 0.25) is 5.91 Å². The number of hydrogen-bond donors (Lipinski definition) is 1. The molecule has 148 valence electrons. The van der Waals surface area contributed by atoms with E-state index in [1.165, 1.54) is 11.0 Å². The van der Waals surface area contributed by atoms with Crippen LogP contribution in [0.1, 0.15) is 46.5 Å². The maximum absolute atomic E-state index is 14.4. The van der Waals surface area contributed by atoms with Crippen LogP contribution in [-0.4, -0.2) is 48.2 Å². The van der Waals surface area contributed by atoms with E-state index in [9.17, 15) is 14.0 Å². The summed E-state index contributed by atoms with van der Waals surface area (Å²) in [4.78, 5) is 28.5. The molecular formula is C20H28FN3O3. The quantitative estimate of drug-likeness (QED) is 0.871. The molecule has 0 radical (unpaired) electrons. The van der Waals surface area contributed by atoms with Crippen LogP contribution in [0.25, 0.3) is 0 Å². The first-order valence-electron chi connectivity index (χ1n) is 9.59. The highest BCUT2D eigenvalue weighted by Crippen LogP contribution is 2.27. The summed E-state index contributed by atoms with van der Waals surface area (Å²) < 4.78 is 19.8. The summed E-state index contributed by atoms with van der Waals surface area (Å²) in [7, 11) is 0. The van der Waals surface area contributed by atoms with Gasteiger partial charge in [-0.3, -0.25) is 9.69 Å². The summed E-state index contributed by atoms with van der Waals surface area (Å²) in [6.07, 6.45) is 2.95. The molecule has 0 aliphatic carbocycles. The molecule has 2 saturated heterocycles. The molecule has 0 saturated carbocycles. The molecule has 7 heteroatoms. The molecule has 2 heterocycles. The van der Waals surface area contributed by atoms with Crippen molar-refractivity contribution in [1.29, 1.82) is 0 Å². The van der Waals surface area contributed by atoms with Gasteiger partial charge in [0, 0.05) is 25.3 Å². The first-order chi connectivity index (χ1) is 12.7. The zero-order valence-corrected chi connectivity index (χ0v) is 16.3. The fourth-order valence-electron chi connectivity index (χ4n) is 3.60. The number of carbonyl (C=O) groups is 2. The van der Waals surface area contributed by atoms with Crippen LogP contribution in [0.3, 0.4) is 0 Å². The predicted octanol–water partition coefficient (Wildman–Crippen LogP) is 3.76. The second-order valence-corrected chi connectivity index (χ2v) is 8.18. The van der Waals surface area contributed by atoms with Gasteiger partial charge in [0.1, 0.15) is 17.5 Å². The van der Waals surface area contributed by atoms with Crippen LogP contribution in [0.2, 0.25) is 0 Å². The minimum Gasteiger partial charge on any atom is -0.444 e. The SMILES string of the molecule is CC(C)(C)OC(=O)N1CCCC1C(=O)Nc1ccc(N2CCCC2)c(F)c1. The Hall–Kier alpha value is -2.31. The standard InChI is InChI=1S/C20H28FN3O3/c1-20(2,3)27-19(26)24-12-6-7-17(24)18(25)22-14-8-9-16(15(21)13-14)23-10-4-5-11-23/h8-9,13,17H,4-7,10-12H2,1-3H3,(H,22,25). The van der Waals surface area contributed by atoms with Crippen molar-refractivity contribution in [3.8, 4) is 0 Å². The molecule has 1 N–H and O–H groups in total. The number of anilines is 2. The first-order valence-corrected chi connectivity index (χ1v) is 9.59. The van der Waals surface area contributed by atoms with Gasteiger partial charge in [0.15, 0.2) is 0 Å². The van der Waals surface area contributed by atoms with Crippen molar-refractivity contribution in [2.75, 3.05) is 29.9 Å². The molecule has 3 rings (SSSR count). The van der Waals surface area contributed by atoms with Gasteiger partial charge in [-0.15, -0.1) is 0 Å². The maximum Gasteiger partial charge on any atom is 0.410 e. The van der Waals surface area contributed by atoms with Crippen molar-refractivity contribution >= 4 is 23.4 Å². The molecular weight excluding hydrogens is 349 g/mol. The van der Waals surface area contributed by atoms with E-state index < -0.39 is 17.7 Å². The number of nitrogens with one attached hydrogen (secondary N) is 1. The summed E-state index contributed by atoms with van der Waals surface area (Å²) in [5, 5.41) is 2.74. The van der Waals surface area contributed by atoms with Crippen molar-refractivity contribution in [2.45, 2.75) is 58.1 Å². The lowest BCUT2D eigenvalue weighted by Crippen LogP contribution is -2.45. The van der Waals surface area contributed by atoms with E-state index in [2.05, 4.69) is 5.32 Å². The largest absolute Gasteiger partial charge is 0.444 e. The van der Waals surface area contributed by atoms with E-state index in [-0.39, 0.29) is 11.7 Å². The molecule has 2 amide bonds. The molecule has 0 aromatic heterocycles. The topological polar surface area (TPSA) is 61.9 Å². The first kappa shape index (κ1) is 19.5. The van der Waals surface area contributed by atoms with Gasteiger partial charge in [-0.1, -0.05) is 0 Å². The Morgan fingerprint density at radius 3 is 2.48 bits per heavy atom. The number of hydrogen-bond acceptors (Lipinski definition) is 4.